The van der Waals surface area contributed by atoms with Gasteiger partial charge in [-0.05, 0) is 97.0 Å². The van der Waals surface area contributed by atoms with Crippen molar-refractivity contribution in [1.29, 1.82) is 0 Å². The summed E-state index contributed by atoms with van der Waals surface area (Å²) in [5.74, 6) is -0.115. The van der Waals surface area contributed by atoms with Crippen LogP contribution in [0.4, 0.5) is 5.69 Å². The van der Waals surface area contributed by atoms with Crippen LogP contribution in [0.15, 0.2) is 83.8 Å². The molecule has 0 aliphatic heterocycles. The molecule has 39 heavy (non-hydrogen) atoms. The molecule has 0 spiro atoms. The fraction of sp³-hybridized carbons (Fsp3) is 0.310. The van der Waals surface area contributed by atoms with Crippen molar-refractivity contribution in [3.8, 4) is 5.75 Å². The molecule has 3 aromatic rings. The largest absolute Gasteiger partial charge is 0.497 e. The van der Waals surface area contributed by atoms with Gasteiger partial charge >= 0.3 is 0 Å². The van der Waals surface area contributed by atoms with E-state index in [4.69, 9.17) is 4.74 Å². The summed E-state index contributed by atoms with van der Waals surface area (Å²) in [5.41, 5.74) is 1.14. The van der Waals surface area contributed by atoms with E-state index in [0.717, 1.165) is 13.4 Å². The molecule has 3 rings (SSSR count). The maximum absolute atomic E-state index is 14.0. The van der Waals surface area contributed by atoms with Gasteiger partial charge < -0.3 is 15.0 Å². The Hall–Kier alpha value is -3.12. The van der Waals surface area contributed by atoms with Gasteiger partial charge in [0.25, 0.3) is 10.0 Å². The maximum Gasteiger partial charge on any atom is 0.264 e. The van der Waals surface area contributed by atoms with Crippen molar-refractivity contribution in [1.82, 2.24) is 10.2 Å². The molecular weight excluding hydrogens is 629 g/mol. The minimum atomic E-state index is -4.08. The van der Waals surface area contributed by atoms with Crippen LogP contribution in [0.2, 0.25) is 0 Å². The molecule has 0 aliphatic carbocycles. The van der Waals surface area contributed by atoms with Crippen LogP contribution in [-0.2, 0) is 26.2 Å². The summed E-state index contributed by atoms with van der Waals surface area (Å²) in [6, 6.07) is 21.2. The summed E-state index contributed by atoms with van der Waals surface area (Å²) >= 11 is 2.14. The zero-order valence-electron chi connectivity index (χ0n) is 22.5. The maximum atomic E-state index is 14.0. The topological polar surface area (TPSA) is 96.0 Å². The highest BCUT2D eigenvalue weighted by Crippen LogP contribution is 2.26. The van der Waals surface area contributed by atoms with E-state index in [9.17, 15) is 18.0 Å². The zero-order chi connectivity index (χ0) is 28.6. The standard InChI is InChI=1S/C29H34IN3O5S/c1-5-27(29(35)31-21(2)3)32(19-22-11-17-25(38-4)18-12-22)28(34)20-33(24-15-13-23(30)14-16-24)39(36,37)26-9-7-6-8-10-26/h6-18,21,27H,5,19-20H2,1-4H3,(H,31,35)/t27-/m1/s1. The minimum Gasteiger partial charge on any atom is -0.497 e. The van der Waals surface area contributed by atoms with E-state index in [-0.39, 0.29) is 23.4 Å². The highest BCUT2D eigenvalue weighted by atomic mass is 127. The molecule has 0 aromatic heterocycles. The molecule has 0 unspecified atom stereocenters. The van der Waals surface area contributed by atoms with Gasteiger partial charge in [-0.2, -0.15) is 0 Å². The summed E-state index contributed by atoms with van der Waals surface area (Å²) in [4.78, 5) is 28.7. The molecule has 1 N–H and O–H groups in total. The van der Waals surface area contributed by atoms with Gasteiger partial charge in [-0.3, -0.25) is 13.9 Å². The number of carbonyl (C=O) groups excluding carboxylic acids is 2. The first kappa shape index (κ1) is 30.4. The first-order valence-electron chi connectivity index (χ1n) is 12.6. The van der Waals surface area contributed by atoms with Crippen LogP contribution >= 0.6 is 22.6 Å². The van der Waals surface area contributed by atoms with Crippen LogP contribution in [0, 0.1) is 3.57 Å². The molecule has 0 saturated heterocycles. The summed E-state index contributed by atoms with van der Waals surface area (Å²) in [5, 5.41) is 2.89. The van der Waals surface area contributed by atoms with E-state index in [1.807, 2.05) is 32.9 Å². The monoisotopic (exact) mass is 663 g/mol. The van der Waals surface area contributed by atoms with E-state index in [1.165, 1.54) is 17.0 Å². The number of methoxy groups -OCH3 is 1. The first-order valence-corrected chi connectivity index (χ1v) is 15.1. The van der Waals surface area contributed by atoms with Gasteiger partial charge in [0.1, 0.15) is 18.3 Å². The number of amides is 2. The number of nitrogens with one attached hydrogen (secondary N) is 1. The highest BCUT2D eigenvalue weighted by Gasteiger charge is 2.33. The number of hydrogen-bond donors (Lipinski definition) is 1. The lowest BCUT2D eigenvalue weighted by molar-refractivity contribution is -0.140. The molecule has 0 radical (unpaired) electrons. The van der Waals surface area contributed by atoms with Crippen LogP contribution in [0.1, 0.15) is 32.8 Å². The predicted molar refractivity (Wildman–Crippen MR) is 161 cm³/mol. The van der Waals surface area contributed by atoms with Crippen LogP contribution in [0.25, 0.3) is 0 Å². The smallest absolute Gasteiger partial charge is 0.264 e. The van der Waals surface area contributed by atoms with Crippen LogP contribution < -0.4 is 14.4 Å². The third kappa shape index (κ3) is 7.95. The third-order valence-corrected chi connectivity index (χ3v) is 8.56. The molecular formula is C29H34IN3O5S. The van der Waals surface area contributed by atoms with Crippen molar-refractivity contribution in [2.75, 3.05) is 18.0 Å². The van der Waals surface area contributed by atoms with Crippen molar-refractivity contribution >= 4 is 50.1 Å². The molecule has 0 fully saturated rings. The second-order valence-corrected chi connectivity index (χ2v) is 12.4. The van der Waals surface area contributed by atoms with E-state index >= 15 is 0 Å². The van der Waals surface area contributed by atoms with E-state index in [1.54, 1.807) is 61.7 Å². The second kappa shape index (κ2) is 13.8. The number of halogens is 1. The lowest BCUT2D eigenvalue weighted by Crippen LogP contribution is -2.53. The van der Waals surface area contributed by atoms with Gasteiger partial charge in [0, 0.05) is 16.2 Å². The number of benzene rings is 3. The average Bonchev–Trinajstić information content (AvgIpc) is 2.92. The SMILES string of the molecule is CC[C@H](C(=O)NC(C)C)N(Cc1ccc(OC)cc1)C(=O)CN(c1ccc(I)cc1)S(=O)(=O)c1ccccc1. The number of ether oxygens (including phenoxy) is 1. The van der Waals surface area contributed by atoms with Crippen molar-refractivity contribution in [3.63, 3.8) is 0 Å². The molecule has 2 amide bonds. The number of carbonyl (C=O) groups is 2. The van der Waals surface area contributed by atoms with Crippen molar-refractivity contribution < 1.29 is 22.7 Å². The normalized spacial score (nSPS) is 12.1. The van der Waals surface area contributed by atoms with Gasteiger partial charge in [-0.25, -0.2) is 8.42 Å². The predicted octanol–water partition coefficient (Wildman–Crippen LogP) is 4.83. The fourth-order valence-corrected chi connectivity index (χ4v) is 5.88. The van der Waals surface area contributed by atoms with Crippen LogP contribution in [0.5, 0.6) is 5.75 Å². The van der Waals surface area contributed by atoms with Crippen LogP contribution in [0.3, 0.4) is 0 Å². The Morgan fingerprint density at radius 1 is 0.949 bits per heavy atom. The summed E-state index contributed by atoms with van der Waals surface area (Å²) in [6.45, 7) is 5.19. The van der Waals surface area contributed by atoms with Crippen LogP contribution in [-0.4, -0.2) is 50.9 Å². The van der Waals surface area contributed by atoms with E-state index < -0.39 is 28.5 Å². The third-order valence-electron chi connectivity index (χ3n) is 6.05. The highest BCUT2D eigenvalue weighted by molar-refractivity contribution is 14.1. The molecule has 8 nitrogen and oxygen atoms in total. The average molecular weight is 664 g/mol. The van der Waals surface area contributed by atoms with E-state index in [2.05, 4.69) is 27.9 Å². The van der Waals surface area contributed by atoms with E-state index in [0.29, 0.717) is 17.9 Å². The molecule has 0 heterocycles. The Labute approximate surface area is 244 Å². The van der Waals surface area contributed by atoms with Crippen molar-refractivity contribution in [2.24, 2.45) is 0 Å². The molecule has 0 aliphatic rings. The number of nitrogens with zero attached hydrogens (tertiary/aromatic N) is 2. The summed E-state index contributed by atoms with van der Waals surface area (Å²) in [7, 11) is -2.51. The lowest BCUT2D eigenvalue weighted by atomic mass is 10.1. The summed E-state index contributed by atoms with van der Waals surface area (Å²) in [6.07, 6.45) is 0.357. The molecule has 10 heteroatoms. The molecule has 0 saturated carbocycles. The van der Waals surface area contributed by atoms with Gasteiger partial charge in [0.05, 0.1) is 17.7 Å². The number of rotatable bonds is 12. The van der Waals surface area contributed by atoms with Crippen molar-refractivity contribution in [2.45, 2.75) is 50.7 Å². The number of hydrogen-bond acceptors (Lipinski definition) is 5. The Balaban J connectivity index is 2.04. The summed E-state index contributed by atoms with van der Waals surface area (Å²) < 4.78 is 34.8. The lowest BCUT2D eigenvalue weighted by Gasteiger charge is -2.33. The molecule has 0 bridgehead atoms. The molecule has 1 atom stereocenters. The van der Waals surface area contributed by atoms with Gasteiger partial charge in [0.2, 0.25) is 11.8 Å². The van der Waals surface area contributed by atoms with Gasteiger partial charge in [-0.1, -0.05) is 37.3 Å². The Morgan fingerprint density at radius 2 is 1.56 bits per heavy atom. The van der Waals surface area contributed by atoms with Gasteiger partial charge in [-0.15, -0.1) is 0 Å². The zero-order valence-corrected chi connectivity index (χ0v) is 25.5. The molecule has 3 aromatic carbocycles. The number of sulfonamides is 1. The number of anilines is 1. The second-order valence-electron chi connectivity index (χ2n) is 9.26. The minimum absolute atomic E-state index is 0.0719. The fourth-order valence-electron chi connectivity index (χ4n) is 4.08. The first-order chi connectivity index (χ1) is 18.6. The van der Waals surface area contributed by atoms with Crippen molar-refractivity contribution in [3.05, 3.63) is 88.0 Å². The molecule has 208 valence electrons. The Bertz CT molecular complexity index is 1350. The Kier molecular flexibility index (Phi) is 10.8. The Morgan fingerprint density at radius 3 is 2.10 bits per heavy atom. The quantitative estimate of drug-likeness (QED) is 0.281. The van der Waals surface area contributed by atoms with Gasteiger partial charge in [0.15, 0.2) is 0 Å².